The van der Waals surface area contributed by atoms with Gasteiger partial charge in [0.1, 0.15) is 5.05 Å². The van der Waals surface area contributed by atoms with Crippen LogP contribution in [0.2, 0.25) is 6.55 Å². The Balaban J connectivity index is 3.51. The Kier molecular flexibility index (Phi) is 5.72. The predicted molar refractivity (Wildman–Crippen MR) is 51.8 cm³/mol. The lowest BCUT2D eigenvalue weighted by Crippen LogP contribution is -2.24. The maximum Gasteiger partial charge on any atom is 0.454 e. The van der Waals surface area contributed by atoms with Crippen molar-refractivity contribution in [3.63, 3.8) is 0 Å². The molecule has 0 aliphatic rings. The van der Waals surface area contributed by atoms with Gasteiger partial charge in [-0.2, -0.15) is 0 Å². The van der Waals surface area contributed by atoms with E-state index in [2.05, 4.69) is 0 Å². The summed E-state index contributed by atoms with van der Waals surface area (Å²) in [5.74, 6) is 0. The third-order valence-electron chi connectivity index (χ3n) is 0.948. The Morgan fingerprint density at radius 2 is 2.09 bits per heavy atom. The van der Waals surface area contributed by atoms with Crippen LogP contribution in [0.15, 0.2) is 0 Å². The molecular formula is C7H15O2SSi. The van der Waals surface area contributed by atoms with Crippen molar-refractivity contribution in [3.05, 3.63) is 0 Å². The van der Waals surface area contributed by atoms with E-state index in [0.717, 1.165) is 6.42 Å². The van der Waals surface area contributed by atoms with Crippen molar-refractivity contribution in [1.82, 2.24) is 0 Å². The molecule has 0 saturated heterocycles. The average Bonchev–Trinajstić information content (AvgIpc) is 1.85. The highest BCUT2D eigenvalue weighted by Crippen LogP contribution is 1.98. The largest absolute Gasteiger partial charge is 0.514 e. The predicted octanol–water partition coefficient (Wildman–Crippen LogP) is 2.28. The van der Waals surface area contributed by atoms with Gasteiger partial charge in [0, 0.05) is 12.5 Å². The lowest BCUT2D eigenvalue weighted by Gasteiger charge is -2.14. The van der Waals surface area contributed by atoms with E-state index in [1.54, 1.807) is 0 Å². The Bertz CT molecular complexity index is 128. The third-order valence-corrected chi connectivity index (χ3v) is 2.81. The van der Waals surface area contributed by atoms with Crippen LogP contribution in [0, 0.1) is 0 Å². The lowest BCUT2D eigenvalue weighted by atomic mass is 10.5. The van der Waals surface area contributed by atoms with Crippen LogP contribution in [0.3, 0.4) is 0 Å². The van der Waals surface area contributed by atoms with Crippen molar-refractivity contribution in [2.45, 2.75) is 39.8 Å². The highest BCUT2D eigenvalue weighted by Gasteiger charge is 2.12. The number of hydrogen-bond acceptors (Lipinski definition) is 3. The van der Waals surface area contributed by atoms with Crippen LogP contribution in [0.5, 0.6) is 0 Å². The molecule has 11 heavy (non-hydrogen) atoms. The smallest absolute Gasteiger partial charge is 0.454 e. The van der Waals surface area contributed by atoms with E-state index >= 15 is 0 Å². The first-order chi connectivity index (χ1) is 5.06. The Morgan fingerprint density at radius 3 is 2.45 bits per heavy atom. The summed E-state index contributed by atoms with van der Waals surface area (Å²) >= 11 is 4.91. The molecule has 0 fully saturated rings. The van der Waals surface area contributed by atoms with E-state index in [1.165, 1.54) is 0 Å². The first-order valence-corrected chi connectivity index (χ1v) is 5.99. The summed E-state index contributed by atoms with van der Waals surface area (Å²) in [7, 11) is -1.14. The standard InChI is InChI=1S/C7H15O2SSi/c1-5-7(10)9-11(4)8-6(2)3/h6H,5H2,1-4H3. The molecule has 0 aromatic carbocycles. The number of rotatable bonds is 4. The van der Waals surface area contributed by atoms with Gasteiger partial charge in [-0.15, -0.1) is 0 Å². The molecule has 0 amide bonds. The highest BCUT2D eigenvalue weighted by molar-refractivity contribution is 7.80. The van der Waals surface area contributed by atoms with Crippen LogP contribution in [-0.2, 0) is 8.85 Å². The van der Waals surface area contributed by atoms with E-state index in [-0.39, 0.29) is 6.10 Å². The van der Waals surface area contributed by atoms with Crippen LogP contribution in [0.1, 0.15) is 27.2 Å². The maximum absolute atomic E-state index is 5.41. The van der Waals surface area contributed by atoms with Crippen LogP contribution >= 0.6 is 12.2 Å². The molecule has 0 saturated carbocycles. The molecule has 0 unspecified atom stereocenters. The molecule has 0 spiro atoms. The SMILES string of the molecule is CCC(=S)O[Si](C)OC(C)C. The summed E-state index contributed by atoms with van der Waals surface area (Å²) in [6.45, 7) is 7.92. The quantitative estimate of drug-likeness (QED) is 0.502. The van der Waals surface area contributed by atoms with Crippen molar-refractivity contribution in [1.29, 1.82) is 0 Å². The van der Waals surface area contributed by atoms with Gasteiger partial charge in [0.25, 0.3) is 0 Å². The molecule has 0 aromatic rings. The van der Waals surface area contributed by atoms with Crippen LogP contribution in [-0.4, -0.2) is 20.4 Å². The van der Waals surface area contributed by atoms with Gasteiger partial charge in [0.15, 0.2) is 0 Å². The van der Waals surface area contributed by atoms with Crippen LogP contribution in [0.4, 0.5) is 0 Å². The minimum absolute atomic E-state index is 0.230. The zero-order chi connectivity index (χ0) is 8.85. The zero-order valence-electron chi connectivity index (χ0n) is 7.51. The molecule has 0 aromatic heterocycles. The van der Waals surface area contributed by atoms with Gasteiger partial charge in [-0.1, -0.05) is 6.92 Å². The van der Waals surface area contributed by atoms with Crippen molar-refractivity contribution >= 4 is 26.6 Å². The van der Waals surface area contributed by atoms with Gasteiger partial charge in [-0.3, -0.25) is 0 Å². The monoisotopic (exact) mass is 191 g/mol. The average molecular weight is 191 g/mol. The first kappa shape index (κ1) is 11.1. The number of thiocarbonyl (C=S) groups is 1. The van der Waals surface area contributed by atoms with Crippen LogP contribution < -0.4 is 0 Å². The second-order valence-electron chi connectivity index (χ2n) is 2.49. The summed E-state index contributed by atoms with van der Waals surface area (Å²) in [5, 5.41) is 0.655. The van der Waals surface area contributed by atoms with Crippen LogP contribution in [0.25, 0.3) is 0 Å². The Morgan fingerprint density at radius 1 is 1.55 bits per heavy atom. The maximum atomic E-state index is 5.41. The Hall–Kier alpha value is 0.0669. The van der Waals surface area contributed by atoms with Gasteiger partial charge in [0.05, 0.1) is 0 Å². The fraction of sp³-hybridized carbons (Fsp3) is 0.857. The van der Waals surface area contributed by atoms with E-state index in [4.69, 9.17) is 21.1 Å². The molecule has 4 heteroatoms. The second-order valence-corrected chi connectivity index (χ2v) is 4.36. The fourth-order valence-corrected chi connectivity index (χ4v) is 2.12. The second kappa shape index (κ2) is 5.68. The van der Waals surface area contributed by atoms with Gasteiger partial charge < -0.3 is 8.85 Å². The normalized spacial score (nSPS) is 10.7. The van der Waals surface area contributed by atoms with E-state index in [9.17, 15) is 0 Å². The third kappa shape index (κ3) is 6.46. The van der Waals surface area contributed by atoms with Crippen molar-refractivity contribution in [2.75, 3.05) is 0 Å². The van der Waals surface area contributed by atoms with Crippen molar-refractivity contribution < 1.29 is 8.85 Å². The minimum Gasteiger partial charge on any atom is -0.514 e. The van der Waals surface area contributed by atoms with Gasteiger partial charge in [-0.05, 0) is 32.6 Å². The van der Waals surface area contributed by atoms with E-state index in [1.807, 2.05) is 27.3 Å². The molecule has 1 radical (unpaired) electrons. The molecule has 0 atom stereocenters. The van der Waals surface area contributed by atoms with Crippen molar-refractivity contribution in [3.8, 4) is 0 Å². The van der Waals surface area contributed by atoms with Crippen molar-refractivity contribution in [2.24, 2.45) is 0 Å². The number of hydrogen-bond donors (Lipinski definition) is 0. The van der Waals surface area contributed by atoms with Gasteiger partial charge in [-0.25, -0.2) is 0 Å². The molecule has 0 rings (SSSR count). The topological polar surface area (TPSA) is 18.5 Å². The first-order valence-electron chi connectivity index (χ1n) is 3.77. The highest BCUT2D eigenvalue weighted by atomic mass is 32.1. The molecule has 0 aliphatic carbocycles. The molecule has 0 N–H and O–H groups in total. The summed E-state index contributed by atoms with van der Waals surface area (Å²) < 4.78 is 10.7. The fourth-order valence-electron chi connectivity index (χ4n) is 0.588. The zero-order valence-corrected chi connectivity index (χ0v) is 9.33. The molecule has 2 nitrogen and oxygen atoms in total. The molecule has 65 valence electrons. The minimum atomic E-state index is -1.14. The summed E-state index contributed by atoms with van der Waals surface area (Å²) in [6.07, 6.45) is 1.02. The summed E-state index contributed by atoms with van der Waals surface area (Å²) in [6, 6.07) is 0. The Labute approximate surface area is 75.7 Å². The summed E-state index contributed by atoms with van der Waals surface area (Å²) in [5.41, 5.74) is 0. The lowest BCUT2D eigenvalue weighted by molar-refractivity contribution is 0.205. The van der Waals surface area contributed by atoms with E-state index in [0.29, 0.717) is 5.05 Å². The molecule has 0 heterocycles. The molecule has 0 bridgehead atoms. The summed E-state index contributed by atoms with van der Waals surface area (Å²) in [4.78, 5) is 0. The van der Waals surface area contributed by atoms with E-state index < -0.39 is 9.28 Å². The van der Waals surface area contributed by atoms with Gasteiger partial charge >= 0.3 is 9.28 Å². The molecular weight excluding hydrogens is 176 g/mol. The molecule has 0 aliphatic heterocycles. The van der Waals surface area contributed by atoms with Gasteiger partial charge in [0.2, 0.25) is 0 Å².